The van der Waals surface area contributed by atoms with Gasteiger partial charge in [0, 0.05) is 19.7 Å². The smallest absolute Gasteiger partial charge is 0.356 e. The molecule has 1 aromatic rings. The Bertz CT molecular complexity index is 340. The summed E-state index contributed by atoms with van der Waals surface area (Å²) in [6.45, 7) is 2.23. The molecule has 1 unspecified atom stereocenters. The molecule has 1 rings (SSSR count). The quantitative estimate of drug-likeness (QED) is 0.745. The summed E-state index contributed by atoms with van der Waals surface area (Å²) in [5.41, 5.74) is 0.259. The number of halogens is 1. The van der Waals surface area contributed by atoms with Crippen molar-refractivity contribution in [3.63, 3.8) is 0 Å². The van der Waals surface area contributed by atoms with Crippen LogP contribution in [-0.2, 0) is 9.47 Å². The van der Waals surface area contributed by atoms with Crippen molar-refractivity contribution in [1.82, 2.24) is 4.98 Å². The summed E-state index contributed by atoms with van der Waals surface area (Å²) in [5.74, 6) is -0.444. The normalized spacial score (nSPS) is 12.2. The van der Waals surface area contributed by atoms with E-state index in [1.807, 2.05) is 6.92 Å². The van der Waals surface area contributed by atoms with Crippen LogP contribution in [-0.4, -0.2) is 30.8 Å². The average Bonchev–Trinajstić information content (AvgIpc) is 2.29. The van der Waals surface area contributed by atoms with Crippen LogP contribution in [0.4, 0.5) is 0 Å². The summed E-state index contributed by atoms with van der Waals surface area (Å²) in [5, 5.41) is 0.490. The van der Waals surface area contributed by atoms with Gasteiger partial charge in [0.25, 0.3) is 0 Å². The molecule has 0 radical (unpaired) electrons. The van der Waals surface area contributed by atoms with Gasteiger partial charge in [0.05, 0.1) is 17.7 Å². The zero-order chi connectivity index (χ0) is 12.0. The molecule has 0 spiro atoms. The predicted molar refractivity (Wildman–Crippen MR) is 60.6 cm³/mol. The van der Waals surface area contributed by atoms with Crippen LogP contribution in [0.3, 0.4) is 0 Å². The highest BCUT2D eigenvalue weighted by Crippen LogP contribution is 2.07. The zero-order valence-electron chi connectivity index (χ0n) is 9.27. The standard InChI is InChI=1S/C11H14ClNO3/c1-8(15-2)5-6-16-11(14)10-4-3-9(12)7-13-10/h3-4,7-8H,5-6H2,1-2H3. The lowest BCUT2D eigenvalue weighted by Crippen LogP contribution is -2.13. The average molecular weight is 244 g/mol. The monoisotopic (exact) mass is 243 g/mol. The number of nitrogens with zero attached hydrogens (tertiary/aromatic N) is 1. The molecule has 1 heterocycles. The number of esters is 1. The fourth-order valence-corrected chi connectivity index (χ4v) is 1.12. The van der Waals surface area contributed by atoms with Gasteiger partial charge in [0.2, 0.25) is 0 Å². The third-order valence-electron chi connectivity index (χ3n) is 2.10. The highest BCUT2D eigenvalue weighted by Gasteiger charge is 2.09. The van der Waals surface area contributed by atoms with Gasteiger partial charge in [-0.1, -0.05) is 11.6 Å². The second kappa shape index (κ2) is 6.45. The summed E-state index contributed by atoms with van der Waals surface area (Å²) in [7, 11) is 1.62. The van der Waals surface area contributed by atoms with E-state index in [0.29, 0.717) is 18.1 Å². The van der Waals surface area contributed by atoms with Crippen molar-refractivity contribution in [1.29, 1.82) is 0 Å². The topological polar surface area (TPSA) is 48.4 Å². The Morgan fingerprint density at radius 2 is 2.31 bits per heavy atom. The molecule has 0 saturated carbocycles. The molecule has 5 heteroatoms. The molecule has 4 nitrogen and oxygen atoms in total. The van der Waals surface area contributed by atoms with Gasteiger partial charge < -0.3 is 9.47 Å². The second-order valence-corrected chi connectivity index (χ2v) is 3.77. The van der Waals surface area contributed by atoms with E-state index >= 15 is 0 Å². The molecule has 0 bridgehead atoms. The summed E-state index contributed by atoms with van der Waals surface area (Å²) < 4.78 is 10.0. The van der Waals surface area contributed by atoms with E-state index < -0.39 is 5.97 Å². The van der Waals surface area contributed by atoms with Gasteiger partial charge in [-0.3, -0.25) is 0 Å². The van der Waals surface area contributed by atoms with Crippen LogP contribution in [0, 0.1) is 0 Å². The Kier molecular flexibility index (Phi) is 5.22. The van der Waals surface area contributed by atoms with E-state index in [1.165, 1.54) is 12.3 Å². The number of ether oxygens (including phenoxy) is 2. The van der Waals surface area contributed by atoms with Gasteiger partial charge in [-0.2, -0.15) is 0 Å². The fourth-order valence-electron chi connectivity index (χ4n) is 1.01. The van der Waals surface area contributed by atoms with Crippen LogP contribution in [0.2, 0.25) is 5.02 Å². The van der Waals surface area contributed by atoms with Gasteiger partial charge in [-0.25, -0.2) is 9.78 Å². The number of carbonyl (C=O) groups is 1. The molecule has 0 aliphatic carbocycles. The number of aromatic nitrogens is 1. The lowest BCUT2D eigenvalue weighted by molar-refractivity contribution is 0.0385. The minimum Gasteiger partial charge on any atom is -0.461 e. The van der Waals surface area contributed by atoms with Crippen molar-refractivity contribution < 1.29 is 14.3 Å². The molecule has 0 aliphatic heterocycles. The first-order valence-corrected chi connectivity index (χ1v) is 5.32. The Morgan fingerprint density at radius 1 is 1.56 bits per heavy atom. The Labute approximate surface area is 99.5 Å². The van der Waals surface area contributed by atoms with E-state index in [2.05, 4.69) is 4.98 Å². The Balaban J connectivity index is 2.38. The van der Waals surface area contributed by atoms with Gasteiger partial charge in [-0.05, 0) is 19.1 Å². The first-order chi connectivity index (χ1) is 7.63. The summed E-state index contributed by atoms with van der Waals surface area (Å²) in [6, 6.07) is 3.13. The minimum atomic E-state index is -0.444. The maximum Gasteiger partial charge on any atom is 0.356 e. The number of hydrogen-bond acceptors (Lipinski definition) is 4. The van der Waals surface area contributed by atoms with Crippen LogP contribution in [0.5, 0.6) is 0 Å². The van der Waals surface area contributed by atoms with Crippen molar-refractivity contribution in [3.8, 4) is 0 Å². The number of rotatable bonds is 5. The molecular formula is C11H14ClNO3. The largest absolute Gasteiger partial charge is 0.461 e. The van der Waals surface area contributed by atoms with Crippen LogP contribution < -0.4 is 0 Å². The summed E-state index contributed by atoms with van der Waals surface area (Å²) >= 11 is 5.65. The van der Waals surface area contributed by atoms with Gasteiger partial charge in [0.15, 0.2) is 0 Å². The third kappa shape index (κ3) is 4.16. The van der Waals surface area contributed by atoms with Gasteiger partial charge in [0.1, 0.15) is 5.69 Å². The van der Waals surface area contributed by atoms with E-state index in [4.69, 9.17) is 21.1 Å². The Morgan fingerprint density at radius 3 is 2.88 bits per heavy atom. The maximum absolute atomic E-state index is 11.5. The van der Waals surface area contributed by atoms with E-state index in [0.717, 1.165) is 0 Å². The van der Waals surface area contributed by atoms with Crippen molar-refractivity contribution in [3.05, 3.63) is 29.0 Å². The summed E-state index contributed by atoms with van der Waals surface area (Å²) in [6.07, 6.45) is 2.15. The van der Waals surface area contributed by atoms with Gasteiger partial charge >= 0.3 is 5.97 Å². The molecule has 0 N–H and O–H groups in total. The molecule has 0 amide bonds. The third-order valence-corrected chi connectivity index (χ3v) is 2.32. The number of carbonyl (C=O) groups excluding carboxylic acids is 1. The van der Waals surface area contributed by atoms with Crippen LogP contribution in [0.25, 0.3) is 0 Å². The predicted octanol–water partition coefficient (Wildman–Crippen LogP) is 2.32. The van der Waals surface area contributed by atoms with Crippen LogP contribution in [0.15, 0.2) is 18.3 Å². The van der Waals surface area contributed by atoms with Gasteiger partial charge in [-0.15, -0.1) is 0 Å². The van der Waals surface area contributed by atoms with E-state index in [-0.39, 0.29) is 11.8 Å². The molecule has 1 aromatic heterocycles. The Hall–Kier alpha value is -1.13. The molecule has 88 valence electrons. The maximum atomic E-state index is 11.5. The fraction of sp³-hybridized carbons (Fsp3) is 0.455. The van der Waals surface area contributed by atoms with Crippen molar-refractivity contribution in [2.75, 3.05) is 13.7 Å². The molecule has 0 aromatic carbocycles. The lowest BCUT2D eigenvalue weighted by atomic mass is 10.3. The molecule has 0 aliphatic rings. The van der Waals surface area contributed by atoms with E-state index in [9.17, 15) is 4.79 Å². The molecular weight excluding hydrogens is 230 g/mol. The highest BCUT2D eigenvalue weighted by molar-refractivity contribution is 6.30. The van der Waals surface area contributed by atoms with E-state index in [1.54, 1.807) is 13.2 Å². The number of hydrogen-bond donors (Lipinski definition) is 0. The van der Waals surface area contributed by atoms with Crippen LogP contribution in [0.1, 0.15) is 23.8 Å². The van der Waals surface area contributed by atoms with Crippen molar-refractivity contribution in [2.24, 2.45) is 0 Å². The first-order valence-electron chi connectivity index (χ1n) is 4.95. The van der Waals surface area contributed by atoms with Crippen LogP contribution >= 0.6 is 11.6 Å². The molecule has 1 atom stereocenters. The molecule has 0 fully saturated rings. The van der Waals surface area contributed by atoms with Crippen molar-refractivity contribution in [2.45, 2.75) is 19.4 Å². The lowest BCUT2D eigenvalue weighted by Gasteiger charge is -2.09. The second-order valence-electron chi connectivity index (χ2n) is 3.33. The SMILES string of the molecule is COC(C)CCOC(=O)c1ccc(Cl)cn1. The first kappa shape index (κ1) is 12.9. The summed E-state index contributed by atoms with van der Waals surface area (Å²) in [4.78, 5) is 15.3. The zero-order valence-corrected chi connectivity index (χ0v) is 10.0. The number of pyridine rings is 1. The number of methoxy groups -OCH3 is 1. The molecule has 0 saturated heterocycles. The minimum absolute atomic E-state index is 0.0750. The van der Waals surface area contributed by atoms with Crippen molar-refractivity contribution >= 4 is 17.6 Å². The molecule has 16 heavy (non-hydrogen) atoms. The highest BCUT2D eigenvalue weighted by atomic mass is 35.5.